The van der Waals surface area contributed by atoms with E-state index in [1.165, 1.54) is 6.92 Å². The van der Waals surface area contributed by atoms with E-state index in [4.69, 9.17) is 19.7 Å². The molecular weight excluding hydrogens is 274 g/mol. The fraction of sp³-hybridized carbons (Fsp3) is 0.909. The van der Waals surface area contributed by atoms with Crippen LogP contribution in [-0.2, 0) is 14.3 Å². The Kier molecular flexibility index (Phi) is 6.76. The van der Waals surface area contributed by atoms with Crippen LogP contribution in [0.5, 0.6) is 0 Å². The number of hydrogen-bond acceptors (Lipinski definition) is 8. The van der Waals surface area contributed by atoms with Crippen molar-refractivity contribution < 1.29 is 39.8 Å². The van der Waals surface area contributed by atoms with Crippen LogP contribution in [0.2, 0.25) is 0 Å². The highest BCUT2D eigenvalue weighted by molar-refractivity contribution is 5.73. The van der Waals surface area contributed by atoms with Crippen molar-refractivity contribution in [1.29, 1.82) is 0 Å². The molecule has 1 aliphatic rings. The molecule has 6 atom stereocenters. The van der Waals surface area contributed by atoms with Gasteiger partial charge in [-0.1, -0.05) is 0 Å². The number of rotatable bonds is 6. The summed E-state index contributed by atoms with van der Waals surface area (Å²) in [6.45, 7) is -0.144. The van der Waals surface area contributed by atoms with E-state index in [2.05, 4.69) is 5.32 Å². The van der Waals surface area contributed by atoms with Crippen LogP contribution >= 0.6 is 0 Å². The van der Waals surface area contributed by atoms with E-state index < -0.39 is 55.9 Å². The van der Waals surface area contributed by atoms with Gasteiger partial charge in [-0.05, 0) is 0 Å². The van der Waals surface area contributed by atoms with Crippen molar-refractivity contribution in [2.24, 2.45) is 0 Å². The number of aliphatic hydroxyl groups is 5. The Morgan fingerprint density at radius 3 is 2.50 bits per heavy atom. The molecule has 9 heteroatoms. The minimum absolute atomic E-state index is 0.293. The first-order valence-electron chi connectivity index (χ1n) is 6.20. The molecule has 1 fully saturated rings. The van der Waals surface area contributed by atoms with E-state index in [-0.39, 0.29) is 6.61 Å². The van der Waals surface area contributed by atoms with Crippen molar-refractivity contribution in [3.63, 3.8) is 0 Å². The molecule has 1 heterocycles. The molecule has 1 aliphatic heterocycles. The molecular formula is C11H21NO8. The standard InChI is InChI=1S/C11H21NO8/c1-5(15)12-8-10(18)9(17)7(3-14)20-11(8)19-4-6(16)2-13/h6-11,13-14,16-18H,2-4H2,1H3,(H,12,15)/t6-,7+,8+,9+,10+,11-/m0/s1. The fourth-order valence-corrected chi connectivity index (χ4v) is 1.87. The zero-order chi connectivity index (χ0) is 15.3. The van der Waals surface area contributed by atoms with Crippen LogP contribution in [0.4, 0.5) is 0 Å². The molecule has 118 valence electrons. The molecule has 9 nitrogen and oxygen atoms in total. The van der Waals surface area contributed by atoms with Crippen molar-refractivity contribution in [1.82, 2.24) is 5.32 Å². The number of ether oxygens (including phenoxy) is 2. The number of amides is 1. The molecule has 0 spiro atoms. The van der Waals surface area contributed by atoms with Gasteiger partial charge in [-0.15, -0.1) is 0 Å². The second-order valence-electron chi connectivity index (χ2n) is 4.60. The fourth-order valence-electron chi connectivity index (χ4n) is 1.87. The molecule has 0 bridgehead atoms. The Morgan fingerprint density at radius 1 is 1.35 bits per heavy atom. The monoisotopic (exact) mass is 295 g/mol. The van der Waals surface area contributed by atoms with Gasteiger partial charge < -0.3 is 40.3 Å². The second kappa shape index (κ2) is 7.84. The van der Waals surface area contributed by atoms with Gasteiger partial charge in [-0.2, -0.15) is 0 Å². The summed E-state index contributed by atoms with van der Waals surface area (Å²) >= 11 is 0. The molecule has 0 radical (unpaired) electrons. The molecule has 0 saturated carbocycles. The summed E-state index contributed by atoms with van der Waals surface area (Å²) in [5, 5.41) is 49.0. The van der Waals surface area contributed by atoms with Crippen molar-refractivity contribution >= 4 is 5.91 Å². The van der Waals surface area contributed by atoms with Crippen LogP contribution in [0.1, 0.15) is 6.92 Å². The molecule has 1 rings (SSSR count). The maximum absolute atomic E-state index is 11.1. The Hall–Kier alpha value is -0.810. The maximum atomic E-state index is 11.1. The number of carbonyl (C=O) groups is 1. The summed E-state index contributed by atoms with van der Waals surface area (Å²) in [7, 11) is 0. The van der Waals surface area contributed by atoms with Gasteiger partial charge in [-0.3, -0.25) is 4.79 Å². The van der Waals surface area contributed by atoms with Gasteiger partial charge in [-0.25, -0.2) is 0 Å². The normalized spacial score (nSPS) is 35.6. The summed E-state index contributed by atoms with van der Waals surface area (Å²) in [5.74, 6) is -0.469. The lowest BCUT2D eigenvalue weighted by Crippen LogP contribution is -2.64. The number of aliphatic hydroxyl groups excluding tert-OH is 5. The Balaban J connectivity index is 2.75. The minimum Gasteiger partial charge on any atom is -0.394 e. The maximum Gasteiger partial charge on any atom is 0.217 e. The topological polar surface area (TPSA) is 149 Å². The van der Waals surface area contributed by atoms with E-state index in [1.54, 1.807) is 0 Å². The van der Waals surface area contributed by atoms with E-state index >= 15 is 0 Å². The second-order valence-corrected chi connectivity index (χ2v) is 4.60. The minimum atomic E-state index is -1.40. The lowest BCUT2D eigenvalue weighted by Gasteiger charge is -2.42. The summed E-state index contributed by atoms with van der Waals surface area (Å²) in [4.78, 5) is 11.1. The first-order valence-corrected chi connectivity index (χ1v) is 6.20. The van der Waals surface area contributed by atoms with Crippen molar-refractivity contribution in [2.45, 2.75) is 43.7 Å². The van der Waals surface area contributed by atoms with Crippen LogP contribution in [0.15, 0.2) is 0 Å². The highest BCUT2D eigenvalue weighted by atomic mass is 16.7. The Morgan fingerprint density at radius 2 is 2.00 bits per heavy atom. The van der Waals surface area contributed by atoms with Crippen molar-refractivity contribution in [2.75, 3.05) is 19.8 Å². The Labute approximate surface area is 115 Å². The van der Waals surface area contributed by atoms with Gasteiger partial charge in [0, 0.05) is 6.92 Å². The number of hydrogen-bond donors (Lipinski definition) is 6. The molecule has 1 saturated heterocycles. The highest BCUT2D eigenvalue weighted by Gasteiger charge is 2.45. The van der Waals surface area contributed by atoms with Gasteiger partial charge in [0.05, 0.1) is 19.8 Å². The molecule has 20 heavy (non-hydrogen) atoms. The molecule has 0 aromatic rings. The average molecular weight is 295 g/mol. The largest absolute Gasteiger partial charge is 0.394 e. The van der Waals surface area contributed by atoms with Gasteiger partial charge in [0.1, 0.15) is 30.5 Å². The number of nitrogens with one attached hydrogen (secondary N) is 1. The van der Waals surface area contributed by atoms with Crippen molar-refractivity contribution in [3.05, 3.63) is 0 Å². The van der Waals surface area contributed by atoms with Gasteiger partial charge >= 0.3 is 0 Å². The smallest absolute Gasteiger partial charge is 0.217 e. The van der Waals surface area contributed by atoms with E-state index in [1.807, 2.05) is 0 Å². The van der Waals surface area contributed by atoms with Crippen LogP contribution in [-0.4, -0.2) is 88.0 Å². The summed E-state index contributed by atoms with van der Waals surface area (Å²) in [5.41, 5.74) is 0. The lowest BCUT2D eigenvalue weighted by molar-refractivity contribution is -0.275. The van der Waals surface area contributed by atoms with Gasteiger partial charge in [0.15, 0.2) is 6.29 Å². The summed E-state index contributed by atoms with van der Waals surface area (Å²) < 4.78 is 10.4. The molecule has 0 aromatic carbocycles. The average Bonchev–Trinajstić information content (AvgIpc) is 2.42. The Bertz CT molecular complexity index is 315. The zero-order valence-electron chi connectivity index (χ0n) is 11.0. The first kappa shape index (κ1) is 17.2. The summed E-state index contributed by atoms with van der Waals surface area (Å²) in [6.07, 6.45) is -6.18. The molecule has 0 aromatic heterocycles. The van der Waals surface area contributed by atoms with E-state index in [9.17, 15) is 20.1 Å². The molecule has 0 unspecified atom stereocenters. The van der Waals surface area contributed by atoms with E-state index in [0.29, 0.717) is 0 Å². The van der Waals surface area contributed by atoms with Gasteiger partial charge in [0.25, 0.3) is 0 Å². The third-order valence-corrected chi connectivity index (χ3v) is 2.91. The third-order valence-electron chi connectivity index (χ3n) is 2.91. The zero-order valence-corrected chi connectivity index (χ0v) is 11.0. The SMILES string of the molecule is CC(=O)N[C@H]1[C@@H](OC[C@@H](O)CO)O[C@H](CO)[C@@H](O)[C@@H]1O. The van der Waals surface area contributed by atoms with Crippen LogP contribution in [0.25, 0.3) is 0 Å². The molecule has 6 N–H and O–H groups in total. The predicted octanol–water partition coefficient (Wildman–Crippen LogP) is -3.70. The van der Waals surface area contributed by atoms with Crippen LogP contribution in [0, 0.1) is 0 Å². The number of carbonyl (C=O) groups excluding carboxylic acids is 1. The highest BCUT2D eigenvalue weighted by Crippen LogP contribution is 2.22. The third kappa shape index (κ3) is 4.35. The van der Waals surface area contributed by atoms with Crippen LogP contribution in [0.3, 0.4) is 0 Å². The quantitative estimate of drug-likeness (QED) is 0.293. The molecule has 0 aliphatic carbocycles. The van der Waals surface area contributed by atoms with Gasteiger partial charge in [0.2, 0.25) is 5.91 Å². The van der Waals surface area contributed by atoms with Crippen LogP contribution < -0.4 is 5.32 Å². The first-order chi connectivity index (χ1) is 9.40. The predicted molar refractivity (Wildman–Crippen MR) is 64.4 cm³/mol. The van der Waals surface area contributed by atoms with Crippen molar-refractivity contribution in [3.8, 4) is 0 Å². The molecule has 1 amide bonds. The summed E-state index contributed by atoms with van der Waals surface area (Å²) in [6, 6.07) is -1.06. The lowest BCUT2D eigenvalue weighted by atomic mass is 9.97. The van der Waals surface area contributed by atoms with E-state index in [0.717, 1.165) is 0 Å².